The molecule has 1 amide bonds. The number of hydrogen-bond donors (Lipinski definition) is 2. The molecule has 4 rings (SSSR count). The smallest absolute Gasteiger partial charge is 0.256 e. The second-order valence-electron chi connectivity index (χ2n) is 7.56. The van der Waals surface area contributed by atoms with E-state index >= 15 is 0 Å². The largest absolute Gasteiger partial charge is 0.389 e. The van der Waals surface area contributed by atoms with E-state index < -0.39 is 17.3 Å². The summed E-state index contributed by atoms with van der Waals surface area (Å²) in [6, 6.07) is 9.99. The SMILES string of the molecule is O=C(c1cccc(Cl)c1F)N1CCC(O)(Cc2cccc(NC3=NCC=C3)n2)CC1. The number of rotatable bonds is 4. The van der Waals surface area contributed by atoms with Gasteiger partial charge in [-0.3, -0.25) is 9.79 Å². The summed E-state index contributed by atoms with van der Waals surface area (Å²) in [7, 11) is 0. The highest BCUT2D eigenvalue weighted by Crippen LogP contribution is 2.28. The van der Waals surface area contributed by atoms with Crippen LogP contribution in [0.4, 0.5) is 10.2 Å². The highest BCUT2D eigenvalue weighted by Gasteiger charge is 2.35. The second kappa shape index (κ2) is 8.53. The number of pyridine rings is 1. The molecule has 1 aromatic heterocycles. The van der Waals surface area contributed by atoms with Crippen LogP contribution in [0, 0.1) is 5.82 Å². The van der Waals surface area contributed by atoms with Gasteiger partial charge in [0.1, 0.15) is 11.7 Å². The predicted molar refractivity (Wildman–Crippen MR) is 115 cm³/mol. The Labute approximate surface area is 179 Å². The van der Waals surface area contributed by atoms with E-state index in [9.17, 15) is 14.3 Å². The van der Waals surface area contributed by atoms with Gasteiger partial charge in [-0.1, -0.05) is 29.8 Å². The first-order valence-corrected chi connectivity index (χ1v) is 10.2. The fourth-order valence-electron chi connectivity index (χ4n) is 3.71. The number of halogens is 2. The molecular formula is C22H22ClFN4O2. The van der Waals surface area contributed by atoms with E-state index in [0.29, 0.717) is 44.7 Å². The molecule has 0 atom stereocenters. The van der Waals surface area contributed by atoms with Crippen LogP contribution in [0.2, 0.25) is 5.02 Å². The van der Waals surface area contributed by atoms with Gasteiger partial charge in [0.25, 0.3) is 5.91 Å². The molecule has 2 N–H and O–H groups in total. The fourth-order valence-corrected chi connectivity index (χ4v) is 3.88. The number of carbonyl (C=O) groups is 1. The van der Waals surface area contributed by atoms with E-state index in [1.54, 1.807) is 11.0 Å². The Morgan fingerprint density at radius 1 is 1.23 bits per heavy atom. The van der Waals surface area contributed by atoms with Crippen molar-refractivity contribution in [2.45, 2.75) is 24.9 Å². The lowest BCUT2D eigenvalue weighted by Gasteiger charge is -2.38. The summed E-state index contributed by atoms with van der Waals surface area (Å²) in [5.41, 5.74) is -0.261. The maximum atomic E-state index is 14.2. The molecule has 30 heavy (non-hydrogen) atoms. The van der Waals surface area contributed by atoms with E-state index in [4.69, 9.17) is 11.6 Å². The maximum Gasteiger partial charge on any atom is 0.256 e. The van der Waals surface area contributed by atoms with Crippen molar-refractivity contribution < 1.29 is 14.3 Å². The van der Waals surface area contributed by atoms with Gasteiger partial charge in [0.15, 0.2) is 5.82 Å². The lowest BCUT2D eigenvalue weighted by molar-refractivity contribution is -0.0169. The number of aliphatic hydroxyl groups is 1. The van der Waals surface area contributed by atoms with Crippen molar-refractivity contribution >= 4 is 29.2 Å². The summed E-state index contributed by atoms with van der Waals surface area (Å²) in [4.78, 5) is 23.1. The molecule has 1 fully saturated rings. The first-order valence-electron chi connectivity index (χ1n) is 9.83. The lowest BCUT2D eigenvalue weighted by atomic mass is 9.86. The molecule has 1 aromatic carbocycles. The highest BCUT2D eigenvalue weighted by atomic mass is 35.5. The summed E-state index contributed by atoms with van der Waals surface area (Å²) < 4.78 is 14.2. The molecule has 2 aliphatic rings. The predicted octanol–water partition coefficient (Wildman–Crippen LogP) is 3.46. The van der Waals surface area contributed by atoms with Crippen LogP contribution in [0.5, 0.6) is 0 Å². The minimum Gasteiger partial charge on any atom is -0.389 e. The third kappa shape index (κ3) is 4.52. The Kier molecular flexibility index (Phi) is 5.83. The molecule has 0 bridgehead atoms. The zero-order valence-corrected chi connectivity index (χ0v) is 17.1. The van der Waals surface area contributed by atoms with Crippen molar-refractivity contribution in [3.8, 4) is 0 Å². The van der Waals surface area contributed by atoms with E-state index in [2.05, 4.69) is 15.3 Å². The van der Waals surface area contributed by atoms with Crippen molar-refractivity contribution in [1.82, 2.24) is 9.88 Å². The molecule has 2 aliphatic heterocycles. The number of amides is 1. The number of aromatic nitrogens is 1. The normalized spacial score (nSPS) is 17.7. The van der Waals surface area contributed by atoms with Crippen molar-refractivity contribution in [3.05, 3.63) is 70.6 Å². The molecule has 0 saturated carbocycles. The number of amidine groups is 1. The molecule has 0 spiro atoms. The highest BCUT2D eigenvalue weighted by molar-refractivity contribution is 6.31. The van der Waals surface area contributed by atoms with Gasteiger partial charge in [0.05, 0.1) is 22.7 Å². The molecule has 3 heterocycles. The van der Waals surface area contributed by atoms with Gasteiger partial charge in [-0.2, -0.15) is 0 Å². The van der Waals surface area contributed by atoms with E-state index in [1.165, 1.54) is 12.1 Å². The van der Waals surface area contributed by atoms with Crippen molar-refractivity contribution in [2.24, 2.45) is 4.99 Å². The third-order valence-electron chi connectivity index (χ3n) is 5.38. The molecular weight excluding hydrogens is 407 g/mol. The van der Waals surface area contributed by atoms with Gasteiger partial charge in [-0.25, -0.2) is 9.37 Å². The maximum absolute atomic E-state index is 14.2. The lowest BCUT2D eigenvalue weighted by Crippen LogP contribution is -2.48. The minimum atomic E-state index is -0.972. The van der Waals surface area contributed by atoms with Gasteiger partial charge >= 0.3 is 0 Å². The van der Waals surface area contributed by atoms with Gasteiger partial charge in [-0.05, 0) is 43.2 Å². The van der Waals surface area contributed by atoms with Crippen LogP contribution in [0.25, 0.3) is 0 Å². The number of anilines is 1. The number of likely N-dealkylation sites (tertiary alicyclic amines) is 1. The van der Waals surface area contributed by atoms with E-state index in [1.807, 2.05) is 30.4 Å². The topological polar surface area (TPSA) is 77.8 Å². The number of aliphatic imine (C=N–C) groups is 1. The quantitative estimate of drug-likeness (QED) is 0.781. The molecule has 0 aliphatic carbocycles. The average Bonchev–Trinajstić information content (AvgIpc) is 3.23. The Morgan fingerprint density at radius 3 is 2.73 bits per heavy atom. The molecule has 8 heteroatoms. The van der Waals surface area contributed by atoms with Crippen molar-refractivity contribution in [1.29, 1.82) is 0 Å². The van der Waals surface area contributed by atoms with Crippen LogP contribution in [-0.2, 0) is 6.42 Å². The van der Waals surface area contributed by atoms with Gasteiger partial charge in [0, 0.05) is 25.2 Å². The first kappa shape index (κ1) is 20.5. The minimum absolute atomic E-state index is 0.0442. The van der Waals surface area contributed by atoms with Gasteiger partial charge < -0.3 is 15.3 Å². The average molecular weight is 429 g/mol. The molecule has 156 valence electrons. The first-order chi connectivity index (χ1) is 14.4. The van der Waals surface area contributed by atoms with Crippen LogP contribution < -0.4 is 5.32 Å². The van der Waals surface area contributed by atoms with Crippen LogP contribution >= 0.6 is 11.6 Å². The van der Waals surface area contributed by atoms with Gasteiger partial charge in [0.2, 0.25) is 0 Å². The summed E-state index contributed by atoms with van der Waals surface area (Å²) >= 11 is 5.79. The summed E-state index contributed by atoms with van der Waals surface area (Å²) in [6.45, 7) is 1.33. The summed E-state index contributed by atoms with van der Waals surface area (Å²) in [5.74, 6) is 0.316. The van der Waals surface area contributed by atoms with E-state index in [0.717, 1.165) is 11.5 Å². The summed E-state index contributed by atoms with van der Waals surface area (Å²) in [5, 5.41) is 14.1. The number of benzene rings is 1. The number of piperidine rings is 1. The zero-order chi connectivity index (χ0) is 21.1. The zero-order valence-electron chi connectivity index (χ0n) is 16.3. The van der Waals surface area contributed by atoms with Crippen LogP contribution in [0.3, 0.4) is 0 Å². The van der Waals surface area contributed by atoms with Crippen LogP contribution in [0.15, 0.2) is 53.5 Å². The van der Waals surface area contributed by atoms with Crippen molar-refractivity contribution in [3.63, 3.8) is 0 Å². The summed E-state index contributed by atoms with van der Waals surface area (Å²) in [6.07, 6.45) is 5.00. The number of carbonyl (C=O) groups excluding carboxylic acids is 1. The van der Waals surface area contributed by atoms with Crippen LogP contribution in [0.1, 0.15) is 28.9 Å². The molecule has 6 nitrogen and oxygen atoms in total. The van der Waals surface area contributed by atoms with Gasteiger partial charge in [-0.15, -0.1) is 0 Å². The third-order valence-corrected chi connectivity index (χ3v) is 5.67. The van der Waals surface area contributed by atoms with E-state index in [-0.39, 0.29) is 10.6 Å². The Bertz CT molecular complexity index is 1020. The van der Waals surface area contributed by atoms with Crippen LogP contribution in [-0.4, -0.2) is 52.0 Å². The number of hydrogen-bond acceptors (Lipinski definition) is 5. The second-order valence-corrected chi connectivity index (χ2v) is 7.97. The Morgan fingerprint density at radius 2 is 2.00 bits per heavy atom. The van der Waals surface area contributed by atoms with Crippen molar-refractivity contribution in [2.75, 3.05) is 25.0 Å². The molecule has 0 radical (unpaired) electrons. The fraction of sp³-hybridized carbons (Fsp3) is 0.318. The Balaban J connectivity index is 1.39. The molecule has 2 aromatic rings. The Hall–Kier alpha value is -2.77. The standard InChI is InChI=1S/C22H22ClFN4O2/c23-17-6-2-5-16(20(17)24)21(29)28-12-9-22(30,10-13-28)14-15-4-1-7-19(26-15)27-18-8-3-11-25-18/h1-8,30H,9-14H2,(H,25,26,27). The molecule has 1 saturated heterocycles. The molecule has 0 unspecified atom stereocenters. The number of nitrogens with zero attached hydrogens (tertiary/aromatic N) is 3. The number of nitrogens with one attached hydrogen (secondary N) is 1. The monoisotopic (exact) mass is 428 g/mol.